The van der Waals surface area contributed by atoms with E-state index in [1.165, 1.54) is 43.5 Å². The van der Waals surface area contributed by atoms with Crippen LogP contribution in [0.2, 0.25) is 0 Å². The van der Waals surface area contributed by atoms with Crippen molar-refractivity contribution in [2.45, 2.75) is 24.9 Å². The molecule has 3 saturated heterocycles. The van der Waals surface area contributed by atoms with Crippen molar-refractivity contribution in [2.75, 3.05) is 18.6 Å². The molecule has 0 saturated carbocycles. The maximum absolute atomic E-state index is 13.6. The number of carbonyl (C=O) groups is 3. The van der Waals surface area contributed by atoms with Gasteiger partial charge in [0, 0.05) is 23.7 Å². The van der Waals surface area contributed by atoms with Gasteiger partial charge in [-0.3, -0.25) is 29.4 Å². The summed E-state index contributed by atoms with van der Waals surface area (Å²) in [4.78, 5) is 54.1. The SMILES string of the molecule is COc1ccc([N+](=O)[O-])cc1N1C(=O)[C@@H]2[C@H](C1=O)[C@H](C(=O)c1ccc(F)cc1)N1CCC[C@@H]21. The number of hydrogen-bond donors (Lipinski definition) is 0. The standard InChI is InChI=1S/C23H20FN3O6/c1-33-17-9-8-14(27(31)32)11-16(17)26-22(29)18-15-3-2-10-25(15)20(19(18)23(26)30)21(28)12-4-6-13(24)7-5-12/h4-9,11,15,18-20H,2-3,10H2,1H3/t15-,18-,19-,20+/m0/s1. The molecule has 9 nitrogen and oxygen atoms in total. The summed E-state index contributed by atoms with van der Waals surface area (Å²) in [6.45, 7) is 0.579. The third-order valence-corrected chi connectivity index (χ3v) is 6.86. The largest absolute Gasteiger partial charge is 0.495 e. The summed E-state index contributed by atoms with van der Waals surface area (Å²) < 4.78 is 18.7. The van der Waals surface area contributed by atoms with Crippen molar-refractivity contribution in [1.29, 1.82) is 0 Å². The number of non-ortho nitro benzene ring substituents is 1. The molecule has 2 aromatic carbocycles. The highest BCUT2D eigenvalue weighted by Crippen LogP contribution is 2.50. The first-order valence-corrected chi connectivity index (χ1v) is 10.6. The number of nitro groups is 1. The average molecular weight is 453 g/mol. The van der Waals surface area contributed by atoms with Gasteiger partial charge < -0.3 is 4.74 Å². The number of imide groups is 1. The van der Waals surface area contributed by atoms with E-state index >= 15 is 0 Å². The van der Waals surface area contributed by atoms with Crippen molar-refractivity contribution in [2.24, 2.45) is 11.8 Å². The number of ketones is 1. The molecule has 3 fully saturated rings. The lowest BCUT2D eigenvalue weighted by molar-refractivity contribution is -0.384. The Morgan fingerprint density at radius 2 is 1.82 bits per heavy atom. The molecule has 0 N–H and O–H groups in total. The lowest BCUT2D eigenvalue weighted by Gasteiger charge is -2.28. The van der Waals surface area contributed by atoms with Crippen LogP contribution in [0, 0.1) is 27.8 Å². The van der Waals surface area contributed by atoms with Gasteiger partial charge in [-0.05, 0) is 49.7 Å². The van der Waals surface area contributed by atoms with Crippen molar-refractivity contribution in [3.63, 3.8) is 0 Å². The molecule has 3 aliphatic heterocycles. The highest BCUT2D eigenvalue weighted by atomic mass is 19.1. The second-order valence-electron chi connectivity index (χ2n) is 8.44. The summed E-state index contributed by atoms with van der Waals surface area (Å²) >= 11 is 0. The van der Waals surface area contributed by atoms with Crippen LogP contribution in [0.4, 0.5) is 15.8 Å². The molecule has 0 unspecified atom stereocenters. The Labute approximate surface area is 187 Å². The molecule has 5 rings (SSSR count). The van der Waals surface area contributed by atoms with Gasteiger partial charge in [-0.1, -0.05) is 0 Å². The predicted octanol–water partition coefficient (Wildman–Crippen LogP) is 2.58. The highest BCUT2D eigenvalue weighted by Gasteiger charge is 2.65. The second-order valence-corrected chi connectivity index (χ2v) is 8.44. The van der Waals surface area contributed by atoms with Crippen LogP contribution in [0.1, 0.15) is 23.2 Å². The maximum atomic E-state index is 13.6. The lowest BCUT2D eigenvalue weighted by atomic mass is 9.85. The number of rotatable bonds is 5. The average Bonchev–Trinajstić information content (AvgIpc) is 3.45. The monoisotopic (exact) mass is 453 g/mol. The number of benzene rings is 2. The Hall–Kier alpha value is -3.66. The first-order chi connectivity index (χ1) is 15.8. The number of nitrogens with zero attached hydrogens (tertiary/aromatic N) is 3. The van der Waals surface area contributed by atoms with Crippen LogP contribution >= 0.6 is 0 Å². The van der Waals surface area contributed by atoms with Gasteiger partial charge >= 0.3 is 0 Å². The van der Waals surface area contributed by atoms with Gasteiger partial charge in [0.1, 0.15) is 17.3 Å². The topological polar surface area (TPSA) is 110 Å². The number of anilines is 1. The van der Waals surface area contributed by atoms with Crippen LogP contribution in [0.5, 0.6) is 5.75 Å². The number of Topliss-reactive ketones (excluding diaryl/α,β-unsaturated/α-hetero) is 1. The first kappa shape index (κ1) is 21.2. The van der Waals surface area contributed by atoms with Gasteiger partial charge in [0.05, 0.1) is 29.9 Å². The molecule has 33 heavy (non-hydrogen) atoms. The zero-order chi connectivity index (χ0) is 23.4. The molecule has 0 radical (unpaired) electrons. The summed E-state index contributed by atoms with van der Waals surface area (Å²) in [7, 11) is 1.34. The molecule has 170 valence electrons. The Kier molecular flexibility index (Phi) is 4.97. The Bertz CT molecular complexity index is 1180. The van der Waals surface area contributed by atoms with E-state index in [1.807, 2.05) is 4.90 Å². The third-order valence-electron chi connectivity index (χ3n) is 6.86. The van der Waals surface area contributed by atoms with E-state index in [2.05, 4.69) is 0 Å². The molecule has 2 aromatic rings. The number of nitro benzene ring substituents is 1. The maximum Gasteiger partial charge on any atom is 0.271 e. The van der Waals surface area contributed by atoms with E-state index in [1.54, 1.807) is 0 Å². The molecule has 0 bridgehead atoms. The summed E-state index contributed by atoms with van der Waals surface area (Å²) in [6, 6.07) is 7.68. The van der Waals surface area contributed by atoms with E-state index in [0.717, 1.165) is 17.4 Å². The number of carbonyl (C=O) groups excluding carboxylic acids is 3. The minimum Gasteiger partial charge on any atom is -0.495 e. The zero-order valence-corrected chi connectivity index (χ0v) is 17.6. The molecule has 4 atom stereocenters. The van der Waals surface area contributed by atoms with Crippen LogP contribution < -0.4 is 9.64 Å². The Morgan fingerprint density at radius 1 is 1.12 bits per heavy atom. The number of ether oxygens (including phenoxy) is 1. The molecular formula is C23H20FN3O6. The molecule has 3 aliphatic rings. The number of methoxy groups -OCH3 is 1. The zero-order valence-electron chi connectivity index (χ0n) is 17.6. The normalized spacial score (nSPS) is 26.4. The number of hydrogen-bond acceptors (Lipinski definition) is 7. The van der Waals surface area contributed by atoms with Gasteiger partial charge in [-0.2, -0.15) is 0 Å². The van der Waals surface area contributed by atoms with E-state index in [4.69, 9.17) is 4.74 Å². The van der Waals surface area contributed by atoms with Crippen LogP contribution in [0.15, 0.2) is 42.5 Å². The molecule has 0 aromatic heterocycles. The van der Waals surface area contributed by atoms with E-state index in [9.17, 15) is 28.9 Å². The van der Waals surface area contributed by atoms with E-state index < -0.39 is 40.4 Å². The summed E-state index contributed by atoms with van der Waals surface area (Å²) in [5, 5.41) is 11.3. The van der Waals surface area contributed by atoms with Gasteiger partial charge in [-0.15, -0.1) is 0 Å². The lowest BCUT2D eigenvalue weighted by Crippen LogP contribution is -2.46. The predicted molar refractivity (Wildman–Crippen MR) is 113 cm³/mol. The minimum absolute atomic E-state index is 0.00590. The summed E-state index contributed by atoms with van der Waals surface area (Å²) in [5.74, 6) is -3.42. The molecule has 0 spiro atoms. The third kappa shape index (κ3) is 3.12. The fourth-order valence-corrected chi connectivity index (χ4v) is 5.50. The minimum atomic E-state index is -0.927. The van der Waals surface area contributed by atoms with E-state index in [-0.39, 0.29) is 34.5 Å². The van der Waals surface area contributed by atoms with Crippen molar-refractivity contribution in [3.8, 4) is 5.75 Å². The van der Waals surface area contributed by atoms with Crippen molar-refractivity contribution in [1.82, 2.24) is 4.90 Å². The van der Waals surface area contributed by atoms with E-state index in [0.29, 0.717) is 13.0 Å². The first-order valence-electron chi connectivity index (χ1n) is 10.6. The molecule has 10 heteroatoms. The van der Waals surface area contributed by atoms with Crippen LogP contribution in [-0.4, -0.2) is 53.2 Å². The van der Waals surface area contributed by atoms with Gasteiger partial charge in [-0.25, -0.2) is 9.29 Å². The summed E-state index contributed by atoms with van der Waals surface area (Å²) in [5.41, 5.74) is -0.0298. The smallest absolute Gasteiger partial charge is 0.271 e. The van der Waals surface area contributed by atoms with Crippen molar-refractivity contribution < 1.29 is 28.4 Å². The van der Waals surface area contributed by atoms with Crippen molar-refractivity contribution >= 4 is 29.0 Å². The number of amides is 2. The number of fused-ring (bicyclic) bond motifs is 3. The highest BCUT2D eigenvalue weighted by molar-refractivity contribution is 6.25. The number of halogens is 1. The quantitative estimate of drug-likeness (QED) is 0.296. The van der Waals surface area contributed by atoms with Crippen LogP contribution in [-0.2, 0) is 9.59 Å². The van der Waals surface area contributed by atoms with Crippen LogP contribution in [0.25, 0.3) is 0 Å². The fraction of sp³-hybridized carbons (Fsp3) is 0.348. The van der Waals surface area contributed by atoms with Gasteiger partial charge in [0.15, 0.2) is 5.78 Å². The van der Waals surface area contributed by atoms with Crippen molar-refractivity contribution in [3.05, 3.63) is 64.0 Å². The molecule has 2 amide bonds. The Balaban J connectivity index is 1.58. The fourth-order valence-electron chi connectivity index (χ4n) is 5.50. The Morgan fingerprint density at radius 3 is 2.48 bits per heavy atom. The molecular weight excluding hydrogens is 433 g/mol. The molecule has 3 heterocycles. The second kappa shape index (κ2) is 7.73. The van der Waals surface area contributed by atoms with Gasteiger partial charge in [0.2, 0.25) is 11.8 Å². The van der Waals surface area contributed by atoms with Crippen LogP contribution in [0.3, 0.4) is 0 Å². The summed E-state index contributed by atoms with van der Waals surface area (Å²) in [6.07, 6.45) is 1.44. The molecule has 0 aliphatic carbocycles. The van der Waals surface area contributed by atoms with Gasteiger partial charge in [0.25, 0.3) is 5.69 Å².